The lowest BCUT2D eigenvalue weighted by Gasteiger charge is -2.11. The number of amides is 1. The molecule has 8 heteroatoms. The molecule has 0 fully saturated rings. The van der Waals surface area contributed by atoms with E-state index in [4.69, 9.17) is 9.47 Å². The second kappa shape index (κ2) is 7.35. The smallest absolute Gasteiger partial charge is 0.248 e. The van der Waals surface area contributed by atoms with Gasteiger partial charge in [0.2, 0.25) is 5.91 Å². The van der Waals surface area contributed by atoms with Gasteiger partial charge in [-0.3, -0.25) is 4.79 Å². The molecule has 0 aliphatic heterocycles. The number of carbonyl (C=O) groups is 1. The number of rotatable bonds is 6. The summed E-state index contributed by atoms with van der Waals surface area (Å²) in [6, 6.07) is 5.13. The Kier molecular flexibility index (Phi) is 4.99. The van der Waals surface area contributed by atoms with Crippen LogP contribution in [-0.2, 0) is 4.79 Å². The van der Waals surface area contributed by atoms with Gasteiger partial charge >= 0.3 is 0 Å². The Bertz CT molecular complexity index is 861. The first kappa shape index (κ1) is 17.0. The maximum atomic E-state index is 12.3. The van der Waals surface area contributed by atoms with E-state index in [1.54, 1.807) is 44.4 Å². The number of hydrogen-bond acceptors (Lipinski definition) is 6. The van der Waals surface area contributed by atoms with Crippen LogP contribution in [0.5, 0.6) is 11.5 Å². The van der Waals surface area contributed by atoms with Crippen LogP contribution in [0.15, 0.2) is 42.3 Å². The van der Waals surface area contributed by atoms with Gasteiger partial charge < -0.3 is 19.4 Å². The minimum absolute atomic E-state index is 0.156. The number of aromatic nitrogens is 3. The van der Waals surface area contributed by atoms with Crippen LogP contribution < -0.4 is 14.8 Å². The summed E-state index contributed by atoms with van der Waals surface area (Å²) < 4.78 is 12.4. The van der Waals surface area contributed by atoms with Gasteiger partial charge in [-0.15, -0.1) is 11.3 Å². The highest BCUT2D eigenvalue weighted by atomic mass is 32.1. The van der Waals surface area contributed by atoms with Crippen molar-refractivity contribution in [3.63, 3.8) is 0 Å². The van der Waals surface area contributed by atoms with E-state index in [0.717, 1.165) is 5.56 Å². The number of ether oxygens (including phenoxy) is 2. The zero-order chi connectivity index (χ0) is 17.8. The van der Waals surface area contributed by atoms with Gasteiger partial charge in [0.15, 0.2) is 5.13 Å². The van der Waals surface area contributed by atoms with Crippen LogP contribution in [0.2, 0.25) is 0 Å². The van der Waals surface area contributed by atoms with Crippen LogP contribution in [0.1, 0.15) is 13.0 Å². The van der Waals surface area contributed by atoms with Gasteiger partial charge in [0, 0.05) is 23.3 Å². The lowest BCUT2D eigenvalue weighted by Crippen LogP contribution is -2.22. The van der Waals surface area contributed by atoms with Crippen molar-refractivity contribution >= 4 is 22.4 Å². The van der Waals surface area contributed by atoms with Crippen molar-refractivity contribution in [3.05, 3.63) is 42.3 Å². The number of imidazole rings is 1. The molecule has 0 saturated heterocycles. The van der Waals surface area contributed by atoms with E-state index in [1.165, 1.54) is 11.3 Å². The van der Waals surface area contributed by atoms with Crippen molar-refractivity contribution in [1.29, 1.82) is 0 Å². The third kappa shape index (κ3) is 3.63. The number of hydrogen-bond donors (Lipinski definition) is 1. The van der Waals surface area contributed by atoms with Gasteiger partial charge in [0.1, 0.15) is 17.5 Å². The first-order valence-electron chi connectivity index (χ1n) is 7.58. The van der Waals surface area contributed by atoms with E-state index in [2.05, 4.69) is 15.3 Å². The van der Waals surface area contributed by atoms with Gasteiger partial charge in [-0.1, -0.05) is 0 Å². The van der Waals surface area contributed by atoms with E-state index >= 15 is 0 Å². The Morgan fingerprint density at radius 2 is 2.16 bits per heavy atom. The normalized spacial score (nSPS) is 11.8. The highest BCUT2D eigenvalue weighted by Crippen LogP contribution is 2.35. The number of nitrogens with zero attached hydrogens (tertiary/aromatic N) is 3. The minimum atomic E-state index is -0.374. The molecule has 25 heavy (non-hydrogen) atoms. The summed E-state index contributed by atoms with van der Waals surface area (Å²) in [4.78, 5) is 20.8. The van der Waals surface area contributed by atoms with E-state index < -0.39 is 0 Å². The highest BCUT2D eigenvalue weighted by Gasteiger charge is 2.17. The second-order valence-electron chi connectivity index (χ2n) is 5.28. The topological polar surface area (TPSA) is 78.3 Å². The molecule has 0 aliphatic carbocycles. The molecule has 3 rings (SSSR count). The quantitative estimate of drug-likeness (QED) is 0.732. The molecule has 1 aromatic carbocycles. The van der Waals surface area contributed by atoms with Crippen LogP contribution in [0.25, 0.3) is 11.3 Å². The Balaban J connectivity index is 1.80. The van der Waals surface area contributed by atoms with Crippen LogP contribution >= 0.6 is 11.3 Å². The summed E-state index contributed by atoms with van der Waals surface area (Å²) in [5.41, 5.74) is 1.52. The molecule has 0 bridgehead atoms. The number of nitrogens with one attached hydrogen (secondary N) is 1. The number of anilines is 1. The first-order valence-corrected chi connectivity index (χ1v) is 8.46. The molecular formula is C17H18N4O3S. The van der Waals surface area contributed by atoms with Crippen LogP contribution in [0.3, 0.4) is 0 Å². The van der Waals surface area contributed by atoms with Crippen molar-refractivity contribution in [3.8, 4) is 22.8 Å². The number of thiazole rings is 1. The average molecular weight is 358 g/mol. The van der Waals surface area contributed by atoms with Crippen LogP contribution in [0, 0.1) is 0 Å². The lowest BCUT2D eigenvalue weighted by molar-refractivity contribution is -0.118. The molecule has 1 unspecified atom stereocenters. The van der Waals surface area contributed by atoms with Gasteiger partial charge in [-0.25, -0.2) is 9.97 Å². The van der Waals surface area contributed by atoms with Gasteiger partial charge in [-0.05, 0) is 25.1 Å². The molecule has 1 atom stereocenters. The summed E-state index contributed by atoms with van der Waals surface area (Å²) in [6.07, 6.45) is 5.00. The predicted octanol–water partition coefficient (Wildman–Crippen LogP) is 3.22. The van der Waals surface area contributed by atoms with E-state index in [1.807, 2.05) is 23.6 Å². The Labute approximate surface area is 149 Å². The zero-order valence-electron chi connectivity index (χ0n) is 14.1. The SMILES string of the molecule is COc1ccc(OC)c(-c2csc(NC(=O)C(C)n3ccnc3)n2)c1. The molecule has 1 amide bonds. The summed E-state index contributed by atoms with van der Waals surface area (Å²) in [5.74, 6) is 1.25. The van der Waals surface area contributed by atoms with E-state index in [0.29, 0.717) is 22.3 Å². The fraction of sp³-hybridized carbons (Fsp3) is 0.235. The number of carbonyl (C=O) groups excluding carboxylic acids is 1. The summed E-state index contributed by atoms with van der Waals surface area (Å²) in [7, 11) is 3.21. The van der Waals surface area contributed by atoms with E-state index in [9.17, 15) is 4.79 Å². The van der Waals surface area contributed by atoms with Crippen molar-refractivity contribution in [1.82, 2.24) is 14.5 Å². The van der Waals surface area contributed by atoms with Crippen molar-refractivity contribution < 1.29 is 14.3 Å². The zero-order valence-corrected chi connectivity index (χ0v) is 14.9. The highest BCUT2D eigenvalue weighted by molar-refractivity contribution is 7.14. The number of benzene rings is 1. The average Bonchev–Trinajstić information content (AvgIpc) is 3.32. The van der Waals surface area contributed by atoms with Crippen molar-refractivity contribution in [2.75, 3.05) is 19.5 Å². The van der Waals surface area contributed by atoms with Crippen LogP contribution in [-0.4, -0.2) is 34.7 Å². The molecular weight excluding hydrogens is 340 g/mol. The third-order valence-electron chi connectivity index (χ3n) is 3.77. The molecule has 7 nitrogen and oxygen atoms in total. The fourth-order valence-corrected chi connectivity index (χ4v) is 3.03. The minimum Gasteiger partial charge on any atom is -0.497 e. The summed E-state index contributed by atoms with van der Waals surface area (Å²) >= 11 is 1.36. The second-order valence-corrected chi connectivity index (χ2v) is 6.14. The third-order valence-corrected chi connectivity index (χ3v) is 4.53. The molecule has 1 N–H and O–H groups in total. The Hall–Kier alpha value is -2.87. The fourth-order valence-electron chi connectivity index (χ4n) is 2.31. The monoisotopic (exact) mass is 358 g/mol. The lowest BCUT2D eigenvalue weighted by atomic mass is 10.1. The molecule has 2 heterocycles. The maximum absolute atomic E-state index is 12.3. The van der Waals surface area contributed by atoms with Crippen molar-refractivity contribution in [2.45, 2.75) is 13.0 Å². The summed E-state index contributed by atoms with van der Waals surface area (Å²) in [5, 5.41) is 5.23. The molecule has 2 aromatic heterocycles. The first-order chi connectivity index (χ1) is 12.1. The Morgan fingerprint density at radius 3 is 2.84 bits per heavy atom. The maximum Gasteiger partial charge on any atom is 0.248 e. The summed E-state index contributed by atoms with van der Waals surface area (Å²) in [6.45, 7) is 1.80. The standard InChI is InChI=1S/C17H18N4O3S/c1-11(21-7-6-18-10-21)16(22)20-17-19-14(9-25-17)13-8-12(23-2)4-5-15(13)24-3/h4-11H,1-3H3,(H,19,20,22). The Morgan fingerprint density at radius 1 is 1.32 bits per heavy atom. The van der Waals surface area contributed by atoms with Gasteiger partial charge in [0.25, 0.3) is 0 Å². The molecule has 0 saturated carbocycles. The van der Waals surface area contributed by atoms with Gasteiger partial charge in [0.05, 0.1) is 26.2 Å². The molecule has 130 valence electrons. The van der Waals surface area contributed by atoms with E-state index in [-0.39, 0.29) is 11.9 Å². The largest absolute Gasteiger partial charge is 0.497 e. The molecule has 0 radical (unpaired) electrons. The molecule has 0 aliphatic rings. The van der Waals surface area contributed by atoms with Crippen molar-refractivity contribution in [2.24, 2.45) is 0 Å². The number of methoxy groups -OCH3 is 2. The molecule has 0 spiro atoms. The molecule has 3 aromatic rings. The predicted molar refractivity (Wildman–Crippen MR) is 96.2 cm³/mol. The van der Waals surface area contributed by atoms with Gasteiger partial charge in [-0.2, -0.15) is 0 Å². The van der Waals surface area contributed by atoms with Crippen LogP contribution in [0.4, 0.5) is 5.13 Å².